The molecule has 2 rings (SSSR count). The molecule has 2 amide bonds. The summed E-state index contributed by atoms with van der Waals surface area (Å²) in [7, 11) is 1.91. The molecule has 5 nitrogen and oxygen atoms in total. The standard InChI is InChI=1S/C16H20N4O/c1-12(17-2)14-4-3-5-15(10-14)20-16(21)19-11-13-6-8-18-9-7-13/h3-10,12,17H,11H2,1-2H3,(H2,19,20,21). The Balaban J connectivity index is 1.90. The normalized spacial score (nSPS) is 11.7. The lowest BCUT2D eigenvalue weighted by molar-refractivity contribution is 0.251. The van der Waals surface area contributed by atoms with Gasteiger partial charge in [0.25, 0.3) is 0 Å². The van der Waals surface area contributed by atoms with Gasteiger partial charge in [-0.15, -0.1) is 0 Å². The highest BCUT2D eigenvalue weighted by atomic mass is 16.2. The molecule has 0 saturated carbocycles. The van der Waals surface area contributed by atoms with E-state index in [1.54, 1.807) is 12.4 Å². The molecule has 1 atom stereocenters. The van der Waals surface area contributed by atoms with Crippen molar-refractivity contribution in [2.24, 2.45) is 0 Å². The van der Waals surface area contributed by atoms with Crippen LogP contribution < -0.4 is 16.0 Å². The van der Waals surface area contributed by atoms with Gasteiger partial charge in [-0.1, -0.05) is 12.1 Å². The Bertz CT molecular complexity index is 586. The van der Waals surface area contributed by atoms with E-state index in [0.29, 0.717) is 6.54 Å². The van der Waals surface area contributed by atoms with E-state index in [0.717, 1.165) is 16.8 Å². The van der Waals surface area contributed by atoms with Crippen LogP contribution in [0.5, 0.6) is 0 Å². The highest BCUT2D eigenvalue weighted by Gasteiger charge is 2.05. The summed E-state index contributed by atoms with van der Waals surface area (Å²) < 4.78 is 0. The zero-order valence-corrected chi connectivity index (χ0v) is 12.3. The van der Waals surface area contributed by atoms with Gasteiger partial charge < -0.3 is 16.0 Å². The van der Waals surface area contributed by atoms with Gasteiger partial charge in [-0.25, -0.2) is 4.79 Å². The van der Waals surface area contributed by atoms with Crippen LogP contribution in [0.3, 0.4) is 0 Å². The molecule has 1 unspecified atom stereocenters. The molecule has 0 fully saturated rings. The summed E-state index contributed by atoms with van der Waals surface area (Å²) in [6.07, 6.45) is 3.41. The molecule has 1 aromatic heterocycles. The van der Waals surface area contributed by atoms with E-state index in [4.69, 9.17) is 0 Å². The summed E-state index contributed by atoms with van der Waals surface area (Å²) in [6, 6.07) is 11.6. The molecule has 0 radical (unpaired) electrons. The predicted octanol–water partition coefficient (Wildman–Crippen LogP) is 2.68. The monoisotopic (exact) mass is 284 g/mol. The van der Waals surface area contributed by atoms with Crippen molar-refractivity contribution >= 4 is 11.7 Å². The zero-order valence-electron chi connectivity index (χ0n) is 12.3. The fourth-order valence-corrected chi connectivity index (χ4v) is 1.91. The highest BCUT2D eigenvalue weighted by molar-refractivity contribution is 5.89. The second-order valence-corrected chi connectivity index (χ2v) is 4.80. The summed E-state index contributed by atoms with van der Waals surface area (Å²) >= 11 is 0. The quantitative estimate of drug-likeness (QED) is 0.791. The molecule has 0 aliphatic carbocycles. The zero-order chi connectivity index (χ0) is 15.1. The van der Waals surface area contributed by atoms with Gasteiger partial charge in [-0.3, -0.25) is 4.98 Å². The smallest absolute Gasteiger partial charge is 0.319 e. The van der Waals surface area contributed by atoms with Gasteiger partial charge >= 0.3 is 6.03 Å². The lowest BCUT2D eigenvalue weighted by Crippen LogP contribution is -2.28. The molecule has 1 aromatic carbocycles. The van der Waals surface area contributed by atoms with Crippen molar-refractivity contribution in [1.82, 2.24) is 15.6 Å². The Labute approximate surface area is 124 Å². The van der Waals surface area contributed by atoms with Crippen LogP contribution in [-0.2, 0) is 6.54 Å². The van der Waals surface area contributed by atoms with Crippen LogP contribution in [0.25, 0.3) is 0 Å². The maximum Gasteiger partial charge on any atom is 0.319 e. The third-order valence-corrected chi connectivity index (χ3v) is 3.28. The van der Waals surface area contributed by atoms with Crippen molar-refractivity contribution in [2.45, 2.75) is 19.5 Å². The van der Waals surface area contributed by atoms with Crippen molar-refractivity contribution < 1.29 is 4.79 Å². The van der Waals surface area contributed by atoms with Crippen LogP contribution in [0.4, 0.5) is 10.5 Å². The van der Waals surface area contributed by atoms with Gasteiger partial charge in [-0.05, 0) is 49.4 Å². The number of benzene rings is 1. The van der Waals surface area contributed by atoms with E-state index in [2.05, 4.69) is 27.9 Å². The number of amides is 2. The van der Waals surface area contributed by atoms with Crippen LogP contribution in [0.15, 0.2) is 48.8 Å². The minimum absolute atomic E-state index is 0.221. The van der Waals surface area contributed by atoms with Gasteiger partial charge in [0.1, 0.15) is 0 Å². The first-order chi connectivity index (χ1) is 10.2. The fourth-order valence-electron chi connectivity index (χ4n) is 1.91. The van der Waals surface area contributed by atoms with Gasteiger partial charge in [0, 0.05) is 30.7 Å². The molecule has 0 aliphatic rings. The van der Waals surface area contributed by atoms with Gasteiger partial charge in [0.15, 0.2) is 0 Å². The molecule has 1 heterocycles. The van der Waals surface area contributed by atoms with Crippen molar-refractivity contribution in [3.63, 3.8) is 0 Å². The third kappa shape index (κ3) is 4.57. The number of carbonyl (C=O) groups excluding carboxylic acids is 1. The average Bonchev–Trinajstić information content (AvgIpc) is 2.53. The Morgan fingerprint density at radius 2 is 2.00 bits per heavy atom. The second-order valence-electron chi connectivity index (χ2n) is 4.80. The molecule has 0 bridgehead atoms. The molecule has 21 heavy (non-hydrogen) atoms. The number of nitrogens with zero attached hydrogens (tertiary/aromatic N) is 1. The molecule has 0 saturated heterocycles. The number of aromatic nitrogens is 1. The van der Waals surface area contributed by atoms with Crippen LogP contribution in [-0.4, -0.2) is 18.1 Å². The second kappa shape index (κ2) is 7.40. The minimum atomic E-state index is -0.221. The summed E-state index contributed by atoms with van der Waals surface area (Å²) in [5, 5.41) is 8.83. The number of anilines is 1. The largest absolute Gasteiger partial charge is 0.334 e. The minimum Gasteiger partial charge on any atom is -0.334 e. The number of carbonyl (C=O) groups is 1. The van der Waals surface area contributed by atoms with Crippen LogP contribution in [0, 0.1) is 0 Å². The fraction of sp³-hybridized carbons (Fsp3) is 0.250. The van der Waals surface area contributed by atoms with E-state index in [1.807, 2.05) is 43.4 Å². The van der Waals surface area contributed by atoms with E-state index in [-0.39, 0.29) is 12.1 Å². The Morgan fingerprint density at radius 1 is 1.24 bits per heavy atom. The average molecular weight is 284 g/mol. The first kappa shape index (κ1) is 15.0. The number of hydrogen-bond donors (Lipinski definition) is 3. The molecule has 0 aliphatic heterocycles. The van der Waals surface area contributed by atoms with Crippen molar-refractivity contribution in [2.75, 3.05) is 12.4 Å². The molecule has 110 valence electrons. The van der Waals surface area contributed by atoms with Crippen LogP contribution >= 0.6 is 0 Å². The van der Waals surface area contributed by atoms with Crippen molar-refractivity contribution in [3.8, 4) is 0 Å². The molecule has 5 heteroatoms. The lowest BCUT2D eigenvalue weighted by atomic mass is 10.1. The maximum absolute atomic E-state index is 11.9. The third-order valence-electron chi connectivity index (χ3n) is 3.28. The van der Waals surface area contributed by atoms with Crippen LogP contribution in [0.2, 0.25) is 0 Å². The first-order valence-electron chi connectivity index (χ1n) is 6.90. The van der Waals surface area contributed by atoms with E-state index in [1.165, 1.54) is 0 Å². The summed E-state index contributed by atoms with van der Waals surface area (Å²) in [6.45, 7) is 2.55. The molecular weight excluding hydrogens is 264 g/mol. The Kier molecular flexibility index (Phi) is 5.29. The van der Waals surface area contributed by atoms with Crippen molar-refractivity contribution in [3.05, 3.63) is 59.9 Å². The number of nitrogens with one attached hydrogen (secondary N) is 3. The molecule has 0 spiro atoms. The number of rotatable bonds is 5. The SMILES string of the molecule is CNC(C)c1cccc(NC(=O)NCc2ccncc2)c1. The summed E-state index contributed by atoms with van der Waals surface area (Å²) in [5.74, 6) is 0. The number of pyridine rings is 1. The van der Waals surface area contributed by atoms with Gasteiger partial charge in [0.05, 0.1) is 0 Å². The molecular formula is C16H20N4O. The Morgan fingerprint density at radius 3 is 2.71 bits per heavy atom. The maximum atomic E-state index is 11.9. The summed E-state index contributed by atoms with van der Waals surface area (Å²) in [4.78, 5) is 15.8. The number of hydrogen-bond acceptors (Lipinski definition) is 3. The predicted molar refractivity (Wildman–Crippen MR) is 84.0 cm³/mol. The summed E-state index contributed by atoms with van der Waals surface area (Å²) in [5.41, 5.74) is 2.92. The van der Waals surface area contributed by atoms with E-state index < -0.39 is 0 Å². The van der Waals surface area contributed by atoms with Gasteiger partial charge in [0.2, 0.25) is 0 Å². The van der Waals surface area contributed by atoms with Gasteiger partial charge in [-0.2, -0.15) is 0 Å². The molecule has 3 N–H and O–H groups in total. The first-order valence-corrected chi connectivity index (χ1v) is 6.90. The van der Waals surface area contributed by atoms with E-state index >= 15 is 0 Å². The van der Waals surface area contributed by atoms with E-state index in [9.17, 15) is 4.79 Å². The highest BCUT2D eigenvalue weighted by Crippen LogP contribution is 2.16. The number of urea groups is 1. The molecule has 2 aromatic rings. The Hall–Kier alpha value is -2.40. The lowest BCUT2D eigenvalue weighted by Gasteiger charge is -2.13. The van der Waals surface area contributed by atoms with Crippen LogP contribution in [0.1, 0.15) is 24.1 Å². The topological polar surface area (TPSA) is 66.0 Å². The van der Waals surface area contributed by atoms with Crippen molar-refractivity contribution in [1.29, 1.82) is 0 Å².